The van der Waals surface area contributed by atoms with Gasteiger partial charge in [0.15, 0.2) is 5.75 Å². The Morgan fingerprint density at radius 3 is 2.22 bits per heavy atom. The fraction of sp³-hybridized carbons (Fsp3) is 0.143. The second kappa shape index (κ2) is 5.08. The molecule has 18 heavy (non-hydrogen) atoms. The number of hydrogen-bond donors (Lipinski definition) is 1. The highest BCUT2D eigenvalue weighted by Gasteiger charge is 2.06. The van der Waals surface area contributed by atoms with Crippen LogP contribution in [0.2, 0.25) is 0 Å². The van der Waals surface area contributed by atoms with Gasteiger partial charge in [-0.15, -0.1) is 0 Å². The third-order valence-electron chi connectivity index (χ3n) is 2.57. The van der Waals surface area contributed by atoms with Crippen LogP contribution in [-0.2, 0) is 0 Å². The van der Waals surface area contributed by atoms with Crippen LogP contribution in [0.15, 0.2) is 42.5 Å². The van der Waals surface area contributed by atoms with Crippen molar-refractivity contribution >= 4 is 5.69 Å². The summed E-state index contributed by atoms with van der Waals surface area (Å²) in [5.41, 5.74) is 2.09. The molecule has 0 atom stereocenters. The van der Waals surface area contributed by atoms with E-state index in [0.717, 1.165) is 11.1 Å². The van der Waals surface area contributed by atoms with Crippen molar-refractivity contribution < 1.29 is 9.94 Å². The van der Waals surface area contributed by atoms with Crippen LogP contribution in [-0.4, -0.2) is 5.21 Å². The second-order valence-corrected chi connectivity index (χ2v) is 4.16. The molecule has 0 aromatic heterocycles. The number of aryl methyl sites for hydroxylation is 2. The second-order valence-electron chi connectivity index (χ2n) is 4.16. The lowest BCUT2D eigenvalue weighted by molar-refractivity contribution is 0.292. The van der Waals surface area contributed by atoms with Gasteiger partial charge in [-0.2, -0.15) is 0 Å². The topological polar surface area (TPSA) is 55.8 Å². The molecule has 0 saturated heterocycles. The number of anilines is 1. The summed E-state index contributed by atoms with van der Waals surface area (Å²) in [7, 11) is 0. The molecule has 4 heteroatoms. The van der Waals surface area contributed by atoms with Crippen molar-refractivity contribution in [3.8, 4) is 11.5 Å². The molecule has 0 aliphatic rings. The van der Waals surface area contributed by atoms with Crippen molar-refractivity contribution in [3.63, 3.8) is 0 Å². The molecule has 0 aliphatic carbocycles. The Hall–Kier alpha value is -2.04. The fourth-order valence-corrected chi connectivity index (χ4v) is 1.60. The summed E-state index contributed by atoms with van der Waals surface area (Å²) < 4.78 is 5.58. The van der Waals surface area contributed by atoms with Crippen LogP contribution in [0.4, 0.5) is 5.69 Å². The molecule has 0 spiro atoms. The molecule has 94 valence electrons. The largest absolute Gasteiger partial charge is 0.733 e. The predicted octanol–water partition coefficient (Wildman–Crippen LogP) is 3.79. The predicted molar refractivity (Wildman–Crippen MR) is 70.1 cm³/mol. The van der Waals surface area contributed by atoms with Crippen molar-refractivity contribution in [3.05, 3.63) is 58.8 Å². The summed E-state index contributed by atoms with van der Waals surface area (Å²) in [6.07, 6.45) is 0. The minimum atomic E-state index is -0.184. The van der Waals surface area contributed by atoms with Crippen molar-refractivity contribution in [1.29, 1.82) is 0 Å². The molecule has 4 nitrogen and oxygen atoms in total. The maximum absolute atomic E-state index is 11.1. The first-order valence-corrected chi connectivity index (χ1v) is 5.57. The monoisotopic (exact) mass is 244 g/mol. The third kappa shape index (κ3) is 2.80. The highest BCUT2D eigenvalue weighted by molar-refractivity contribution is 5.59. The van der Waals surface area contributed by atoms with Gasteiger partial charge in [-0.25, -0.2) is 0 Å². The van der Waals surface area contributed by atoms with Gasteiger partial charge in [0.25, 0.3) is 0 Å². The van der Waals surface area contributed by atoms with Gasteiger partial charge in [0.05, 0.1) is 5.69 Å². The molecule has 0 aliphatic heterocycles. The lowest BCUT2D eigenvalue weighted by Crippen LogP contribution is -2.08. The molecule has 0 saturated carbocycles. The van der Waals surface area contributed by atoms with Crippen LogP contribution in [0.1, 0.15) is 11.1 Å². The zero-order valence-corrected chi connectivity index (χ0v) is 10.3. The van der Waals surface area contributed by atoms with Crippen LogP contribution in [0.5, 0.6) is 11.5 Å². The Bertz CT molecular complexity index is 535. The van der Waals surface area contributed by atoms with Gasteiger partial charge in [-0.3, -0.25) is 5.21 Å². The van der Waals surface area contributed by atoms with Crippen LogP contribution in [0, 0.1) is 19.1 Å². The van der Waals surface area contributed by atoms with E-state index < -0.39 is 0 Å². The quantitative estimate of drug-likeness (QED) is 0.834. The van der Waals surface area contributed by atoms with Gasteiger partial charge < -0.3 is 15.2 Å². The van der Waals surface area contributed by atoms with E-state index in [2.05, 4.69) is 0 Å². The smallest absolute Gasteiger partial charge is 0.152 e. The molecule has 0 unspecified atom stereocenters. The van der Waals surface area contributed by atoms with Gasteiger partial charge in [-0.1, -0.05) is 23.8 Å². The van der Waals surface area contributed by atoms with E-state index in [1.54, 1.807) is 12.1 Å². The Labute approximate surface area is 106 Å². The summed E-state index contributed by atoms with van der Waals surface area (Å²) in [6.45, 7) is 3.82. The fourth-order valence-electron chi connectivity index (χ4n) is 1.60. The summed E-state index contributed by atoms with van der Waals surface area (Å²) in [4.78, 5) is 0. The Kier molecular flexibility index (Phi) is 3.50. The van der Waals surface area contributed by atoms with E-state index in [1.807, 2.05) is 44.2 Å². The van der Waals surface area contributed by atoms with E-state index >= 15 is 0 Å². The maximum Gasteiger partial charge on any atom is 0.152 e. The molecule has 2 rings (SSSR count). The Balaban J connectivity index is 2.31. The molecule has 0 amide bonds. The van der Waals surface area contributed by atoms with Crippen molar-refractivity contribution in [2.75, 3.05) is 5.23 Å². The van der Waals surface area contributed by atoms with Crippen molar-refractivity contribution in [2.45, 2.75) is 13.8 Å². The molecule has 0 radical (unpaired) electrons. The first-order chi connectivity index (χ1) is 8.56. The van der Waals surface area contributed by atoms with Gasteiger partial charge >= 0.3 is 0 Å². The molecular weight excluding hydrogens is 230 g/mol. The van der Waals surface area contributed by atoms with Crippen molar-refractivity contribution in [2.24, 2.45) is 0 Å². The summed E-state index contributed by atoms with van der Waals surface area (Å²) in [5.74, 6) is 0.939. The van der Waals surface area contributed by atoms with Gasteiger partial charge in [-0.05, 0) is 43.7 Å². The number of ether oxygens (including phenoxy) is 1. The lowest BCUT2D eigenvalue weighted by Gasteiger charge is -2.24. The summed E-state index contributed by atoms with van der Waals surface area (Å²) >= 11 is 0. The van der Waals surface area contributed by atoms with Gasteiger partial charge in [0.1, 0.15) is 5.75 Å². The summed E-state index contributed by atoms with van der Waals surface area (Å²) in [6, 6.07) is 12.5. The van der Waals surface area contributed by atoms with Gasteiger partial charge in [0, 0.05) is 0 Å². The average molecular weight is 244 g/mol. The van der Waals surface area contributed by atoms with E-state index in [-0.39, 0.29) is 10.9 Å². The summed E-state index contributed by atoms with van der Waals surface area (Å²) in [5, 5.41) is 19.9. The third-order valence-corrected chi connectivity index (χ3v) is 2.57. The first kappa shape index (κ1) is 12.4. The zero-order chi connectivity index (χ0) is 13.1. The molecule has 0 fully saturated rings. The van der Waals surface area contributed by atoms with E-state index in [4.69, 9.17) is 9.94 Å². The first-order valence-electron chi connectivity index (χ1n) is 5.57. The van der Waals surface area contributed by atoms with Crippen LogP contribution in [0.25, 0.3) is 0 Å². The lowest BCUT2D eigenvalue weighted by atomic mass is 10.2. The Morgan fingerprint density at radius 1 is 1.00 bits per heavy atom. The maximum atomic E-state index is 11.1. The minimum Gasteiger partial charge on any atom is -0.733 e. The average Bonchev–Trinajstić information content (AvgIpc) is 2.34. The minimum absolute atomic E-state index is 0.0931. The number of benzene rings is 2. The molecule has 2 aromatic rings. The normalized spacial score (nSPS) is 10.2. The van der Waals surface area contributed by atoms with E-state index in [0.29, 0.717) is 11.5 Å². The van der Waals surface area contributed by atoms with E-state index in [9.17, 15) is 5.21 Å². The van der Waals surface area contributed by atoms with Crippen LogP contribution >= 0.6 is 0 Å². The molecule has 0 heterocycles. The number of hydrogen-bond acceptors (Lipinski definition) is 4. The zero-order valence-electron chi connectivity index (χ0n) is 10.3. The standard InChI is InChI=1S/C14H14NO3/c1-10-3-6-12(7-4-10)18-14-8-5-11(2)9-13(14)15(16)17/h3-9,16H,1-2H3/q-1. The molecule has 2 aromatic carbocycles. The molecule has 1 N–H and O–H groups in total. The SMILES string of the molecule is Cc1ccc(Oc2ccc(C)cc2N([O-])O)cc1. The van der Waals surface area contributed by atoms with Gasteiger partial charge in [0.2, 0.25) is 0 Å². The van der Waals surface area contributed by atoms with E-state index in [1.165, 1.54) is 0 Å². The number of nitrogens with zero attached hydrogens (tertiary/aromatic N) is 1. The molecule has 0 bridgehead atoms. The number of rotatable bonds is 3. The van der Waals surface area contributed by atoms with Crippen molar-refractivity contribution in [1.82, 2.24) is 0 Å². The molecular formula is C14H14NO3-. The highest BCUT2D eigenvalue weighted by atomic mass is 16.8. The van der Waals surface area contributed by atoms with Crippen LogP contribution < -0.4 is 9.96 Å². The highest BCUT2D eigenvalue weighted by Crippen LogP contribution is 2.32. The van der Waals surface area contributed by atoms with Crippen LogP contribution in [0.3, 0.4) is 0 Å². The Morgan fingerprint density at radius 2 is 1.61 bits per heavy atom.